The Bertz CT molecular complexity index is 693. The second-order valence-corrected chi connectivity index (χ2v) is 8.74. The summed E-state index contributed by atoms with van der Waals surface area (Å²) in [7, 11) is 0. The topological polar surface area (TPSA) is 52.6 Å². The predicted octanol–water partition coefficient (Wildman–Crippen LogP) is 4.35. The van der Waals surface area contributed by atoms with E-state index in [1.54, 1.807) is 22.7 Å². The van der Waals surface area contributed by atoms with E-state index < -0.39 is 0 Å². The van der Waals surface area contributed by atoms with Crippen LogP contribution in [0.15, 0.2) is 27.2 Å². The van der Waals surface area contributed by atoms with Gasteiger partial charge in [0, 0.05) is 25.0 Å². The second-order valence-electron chi connectivity index (χ2n) is 7.01. The molecule has 0 spiro atoms. The van der Waals surface area contributed by atoms with Gasteiger partial charge in [0.15, 0.2) is 5.96 Å². The molecule has 0 atom stereocenters. The molecule has 1 aliphatic heterocycles. The number of thiazole rings is 1. The van der Waals surface area contributed by atoms with E-state index in [-0.39, 0.29) is 24.0 Å². The van der Waals surface area contributed by atoms with Crippen LogP contribution >= 0.6 is 46.7 Å². The average molecular weight is 534 g/mol. The molecule has 2 aromatic rings. The van der Waals surface area contributed by atoms with Crippen LogP contribution in [0.2, 0.25) is 0 Å². The van der Waals surface area contributed by atoms with Crippen molar-refractivity contribution in [2.45, 2.75) is 46.2 Å². The Hall–Kier alpha value is -0.710. The zero-order valence-electron chi connectivity index (χ0n) is 16.8. The Morgan fingerprint density at radius 1 is 1.25 bits per heavy atom. The third kappa shape index (κ3) is 7.61. The molecule has 2 N–H and O–H groups in total. The molecular weight excluding hydrogens is 501 g/mol. The molecule has 0 amide bonds. The number of halogens is 1. The first-order chi connectivity index (χ1) is 13.3. The lowest BCUT2D eigenvalue weighted by atomic mass is 9.97. The molecule has 0 radical (unpaired) electrons. The summed E-state index contributed by atoms with van der Waals surface area (Å²) in [5.74, 6) is 1.65. The number of hydrogen-bond donors (Lipinski definition) is 2. The van der Waals surface area contributed by atoms with Crippen molar-refractivity contribution in [1.29, 1.82) is 0 Å². The predicted molar refractivity (Wildman–Crippen MR) is 132 cm³/mol. The van der Waals surface area contributed by atoms with Crippen molar-refractivity contribution >= 4 is 52.6 Å². The molecule has 3 heterocycles. The number of thiophene rings is 1. The molecule has 0 bridgehead atoms. The molecule has 156 valence electrons. The van der Waals surface area contributed by atoms with E-state index in [1.165, 1.54) is 29.1 Å². The second kappa shape index (κ2) is 12.8. The van der Waals surface area contributed by atoms with E-state index in [2.05, 4.69) is 51.6 Å². The van der Waals surface area contributed by atoms with Crippen LogP contribution < -0.4 is 10.6 Å². The molecule has 1 fully saturated rings. The molecule has 1 aliphatic rings. The SMILES string of the molecule is CCNC(=NCc1ccsc1)NCC1CCN(Cc2csc(CC)n2)CC1.I. The van der Waals surface area contributed by atoms with E-state index in [1.807, 2.05) is 0 Å². The van der Waals surface area contributed by atoms with Gasteiger partial charge in [-0.05, 0) is 67.6 Å². The Morgan fingerprint density at radius 2 is 2.07 bits per heavy atom. The van der Waals surface area contributed by atoms with Gasteiger partial charge < -0.3 is 10.6 Å². The summed E-state index contributed by atoms with van der Waals surface area (Å²) in [5, 5.41) is 14.6. The fourth-order valence-electron chi connectivity index (χ4n) is 3.30. The summed E-state index contributed by atoms with van der Waals surface area (Å²) in [6, 6.07) is 2.14. The minimum atomic E-state index is 0. The highest BCUT2D eigenvalue weighted by molar-refractivity contribution is 14.0. The summed E-state index contributed by atoms with van der Waals surface area (Å²) < 4.78 is 0. The van der Waals surface area contributed by atoms with Crippen LogP contribution in [0.1, 0.15) is 43.0 Å². The zero-order valence-corrected chi connectivity index (χ0v) is 20.8. The number of rotatable bonds is 8. The van der Waals surface area contributed by atoms with Crippen LogP contribution in [0.5, 0.6) is 0 Å². The van der Waals surface area contributed by atoms with Crippen molar-refractivity contribution in [3.05, 3.63) is 38.5 Å². The first kappa shape index (κ1) is 23.6. The van der Waals surface area contributed by atoms with Crippen molar-refractivity contribution in [3.63, 3.8) is 0 Å². The number of aliphatic imine (C=N–C) groups is 1. The standard InChI is InChI=1S/C20H31N5S2.HI/c1-3-19-24-18(15-27-19)13-25-8-5-16(6-9-25)11-22-20(21-4-2)23-12-17-7-10-26-14-17;/h7,10,14-16H,3-6,8-9,11-13H2,1-2H3,(H2,21,22,23);1H. The van der Waals surface area contributed by atoms with Crippen molar-refractivity contribution in [2.75, 3.05) is 26.2 Å². The van der Waals surface area contributed by atoms with Crippen LogP contribution in [-0.4, -0.2) is 42.0 Å². The van der Waals surface area contributed by atoms with Gasteiger partial charge in [-0.15, -0.1) is 35.3 Å². The van der Waals surface area contributed by atoms with Gasteiger partial charge in [0.05, 0.1) is 17.2 Å². The quantitative estimate of drug-likeness (QED) is 0.301. The third-order valence-electron chi connectivity index (χ3n) is 4.90. The number of piperidine rings is 1. The van der Waals surface area contributed by atoms with Crippen molar-refractivity contribution in [2.24, 2.45) is 10.9 Å². The Kier molecular flexibility index (Phi) is 10.7. The average Bonchev–Trinajstić information content (AvgIpc) is 3.37. The van der Waals surface area contributed by atoms with Gasteiger partial charge in [-0.3, -0.25) is 4.90 Å². The summed E-state index contributed by atoms with van der Waals surface area (Å²) in [5.41, 5.74) is 2.52. The smallest absolute Gasteiger partial charge is 0.191 e. The van der Waals surface area contributed by atoms with Gasteiger partial charge in [-0.1, -0.05) is 6.92 Å². The van der Waals surface area contributed by atoms with Gasteiger partial charge in [0.25, 0.3) is 0 Å². The molecule has 0 saturated carbocycles. The molecule has 8 heteroatoms. The Balaban J connectivity index is 0.00000280. The van der Waals surface area contributed by atoms with Crippen LogP contribution in [-0.2, 0) is 19.5 Å². The number of aryl methyl sites for hydroxylation is 1. The number of guanidine groups is 1. The minimum Gasteiger partial charge on any atom is -0.357 e. The lowest BCUT2D eigenvalue weighted by molar-refractivity contribution is 0.176. The maximum absolute atomic E-state index is 4.71. The van der Waals surface area contributed by atoms with Gasteiger partial charge in [0.1, 0.15) is 0 Å². The number of nitrogens with one attached hydrogen (secondary N) is 2. The fourth-order valence-corrected chi connectivity index (χ4v) is 4.69. The van der Waals surface area contributed by atoms with Crippen LogP contribution in [0.4, 0.5) is 0 Å². The minimum absolute atomic E-state index is 0. The van der Waals surface area contributed by atoms with E-state index in [0.29, 0.717) is 5.92 Å². The van der Waals surface area contributed by atoms with Gasteiger partial charge in [-0.25, -0.2) is 9.98 Å². The highest BCUT2D eigenvalue weighted by Gasteiger charge is 2.20. The van der Waals surface area contributed by atoms with Gasteiger partial charge >= 0.3 is 0 Å². The van der Waals surface area contributed by atoms with Crippen molar-refractivity contribution < 1.29 is 0 Å². The van der Waals surface area contributed by atoms with Crippen LogP contribution in [0.3, 0.4) is 0 Å². The van der Waals surface area contributed by atoms with Crippen molar-refractivity contribution in [3.8, 4) is 0 Å². The first-order valence-corrected chi connectivity index (χ1v) is 11.8. The number of likely N-dealkylation sites (tertiary alicyclic amines) is 1. The molecule has 0 aromatic carbocycles. The number of aromatic nitrogens is 1. The molecule has 3 rings (SSSR count). The van der Waals surface area contributed by atoms with Gasteiger partial charge in [0.2, 0.25) is 0 Å². The Morgan fingerprint density at radius 3 is 2.71 bits per heavy atom. The number of hydrogen-bond acceptors (Lipinski definition) is 5. The van der Waals surface area contributed by atoms with Crippen molar-refractivity contribution in [1.82, 2.24) is 20.5 Å². The molecule has 5 nitrogen and oxygen atoms in total. The zero-order chi connectivity index (χ0) is 18.9. The lowest BCUT2D eigenvalue weighted by Gasteiger charge is -2.31. The highest BCUT2D eigenvalue weighted by atomic mass is 127. The largest absolute Gasteiger partial charge is 0.357 e. The summed E-state index contributed by atoms with van der Waals surface area (Å²) in [6.07, 6.45) is 3.52. The van der Waals surface area contributed by atoms with Gasteiger partial charge in [-0.2, -0.15) is 11.3 Å². The third-order valence-corrected chi connectivity index (χ3v) is 6.67. The molecule has 0 aliphatic carbocycles. The molecule has 1 saturated heterocycles. The van der Waals surface area contributed by atoms with E-state index in [9.17, 15) is 0 Å². The normalized spacial score (nSPS) is 16.0. The van der Waals surface area contributed by atoms with E-state index in [4.69, 9.17) is 9.98 Å². The highest BCUT2D eigenvalue weighted by Crippen LogP contribution is 2.19. The molecule has 0 unspecified atom stereocenters. The summed E-state index contributed by atoms with van der Waals surface area (Å²) in [6.45, 7) is 10.2. The van der Waals surface area contributed by atoms with E-state index in [0.717, 1.165) is 51.6 Å². The maximum atomic E-state index is 4.71. The monoisotopic (exact) mass is 533 g/mol. The van der Waals surface area contributed by atoms with E-state index >= 15 is 0 Å². The molecule has 2 aromatic heterocycles. The fraction of sp³-hybridized carbons (Fsp3) is 0.600. The molecular formula is C20H32IN5S2. The molecule has 28 heavy (non-hydrogen) atoms. The lowest BCUT2D eigenvalue weighted by Crippen LogP contribution is -2.42. The summed E-state index contributed by atoms with van der Waals surface area (Å²) in [4.78, 5) is 12.0. The Labute approximate surface area is 194 Å². The summed E-state index contributed by atoms with van der Waals surface area (Å²) >= 11 is 3.52. The van der Waals surface area contributed by atoms with Crippen LogP contribution in [0.25, 0.3) is 0 Å². The maximum Gasteiger partial charge on any atom is 0.191 e. The first-order valence-electron chi connectivity index (χ1n) is 9.95. The van der Waals surface area contributed by atoms with Crippen LogP contribution in [0, 0.1) is 5.92 Å². The number of nitrogens with zero attached hydrogens (tertiary/aromatic N) is 3.